The Morgan fingerprint density at radius 3 is 2.47 bits per heavy atom. The van der Waals surface area contributed by atoms with Crippen LogP contribution in [0.4, 0.5) is 0 Å². The number of rotatable bonds is 3. The third-order valence-electron chi connectivity index (χ3n) is 4.55. The minimum atomic E-state index is 0.720. The maximum atomic E-state index is 3.44. The smallest absolute Gasteiger partial charge is 0.0107 e. The predicted octanol–water partition coefficient (Wildman–Crippen LogP) is 1.26. The molecule has 2 atom stereocenters. The monoisotopic (exact) mass is 239 g/mol. The highest BCUT2D eigenvalue weighted by Crippen LogP contribution is 2.25. The summed E-state index contributed by atoms with van der Waals surface area (Å²) < 4.78 is 0. The van der Waals surface area contributed by atoms with Gasteiger partial charge < -0.3 is 15.1 Å². The highest BCUT2D eigenvalue weighted by molar-refractivity contribution is 4.82. The highest BCUT2D eigenvalue weighted by Gasteiger charge is 2.28. The summed E-state index contributed by atoms with van der Waals surface area (Å²) in [6.07, 6.45) is 1.39. The van der Waals surface area contributed by atoms with Gasteiger partial charge in [0, 0.05) is 45.3 Å². The van der Waals surface area contributed by atoms with Gasteiger partial charge in [-0.25, -0.2) is 0 Å². The van der Waals surface area contributed by atoms with E-state index in [4.69, 9.17) is 0 Å². The van der Waals surface area contributed by atoms with Gasteiger partial charge in [0.2, 0.25) is 0 Å². The molecule has 0 aromatic carbocycles. The van der Waals surface area contributed by atoms with Crippen LogP contribution in [0.3, 0.4) is 0 Å². The number of hydrogen-bond donors (Lipinski definition) is 1. The Balaban J connectivity index is 1.78. The molecule has 0 aliphatic carbocycles. The molecule has 2 heterocycles. The van der Waals surface area contributed by atoms with Gasteiger partial charge >= 0.3 is 0 Å². The number of likely N-dealkylation sites (tertiary alicyclic amines) is 1. The van der Waals surface area contributed by atoms with Crippen LogP contribution in [-0.2, 0) is 0 Å². The van der Waals surface area contributed by atoms with Crippen LogP contribution in [0.5, 0.6) is 0 Å². The van der Waals surface area contributed by atoms with Gasteiger partial charge in [-0.15, -0.1) is 0 Å². The fourth-order valence-electron chi connectivity index (χ4n) is 3.19. The zero-order chi connectivity index (χ0) is 12.3. The van der Waals surface area contributed by atoms with Crippen molar-refractivity contribution >= 4 is 0 Å². The van der Waals surface area contributed by atoms with Gasteiger partial charge in [0.15, 0.2) is 0 Å². The maximum Gasteiger partial charge on any atom is 0.0107 e. The van der Waals surface area contributed by atoms with Crippen molar-refractivity contribution in [2.75, 3.05) is 45.8 Å². The van der Waals surface area contributed by atoms with Crippen LogP contribution in [-0.4, -0.2) is 61.7 Å². The zero-order valence-electron chi connectivity index (χ0n) is 11.8. The van der Waals surface area contributed by atoms with Crippen molar-refractivity contribution in [3.8, 4) is 0 Å². The van der Waals surface area contributed by atoms with Crippen molar-refractivity contribution in [3.05, 3.63) is 0 Å². The first-order valence-corrected chi connectivity index (χ1v) is 7.34. The number of piperidine rings is 1. The Kier molecular flexibility index (Phi) is 4.83. The zero-order valence-corrected chi connectivity index (χ0v) is 11.8. The molecule has 0 bridgehead atoms. The SMILES string of the molecule is CC(C)N1CC[C@H](CN2CCNCC2)[C@@H](C)C1. The van der Waals surface area contributed by atoms with Gasteiger partial charge in [0.25, 0.3) is 0 Å². The van der Waals surface area contributed by atoms with Crippen LogP contribution in [0.25, 0.3) is 0 Å². The second kappa shape index (κ2) is 6.17. The molecule has 100 valence electrons. The summed E-state index contributed by atoms with van der Waals surface area (Å²) >= 11 is 0. The average Bonchev–Trinajstić information content (AvgIpc) is 2.33. The molecule has 0 saturated carbocycles. The third kappa shape index (κ3) is 3.67. The molecule has 2 saturated heterocycles. The summed E-state index contributed by atoms with van der Waals surface area (Å²) in [6, 6.07) is 0.720. The maximum absolute atomic E-state index is 3.44. The summed E-state index contributed by atoms with van der Waals surface area (Å²) in [4.78, 5) is 5.29. The van der Waals surface area contributed by atoms with E-state index in [0.717, 1.165) is 17.9 Å². The number of piperazine rings is 1. The lowest BCUT2D eigenvalue weighted by molar-refractivity contribution is 0.0745. The van der Waals surface area contributed by atoms with Gasteiger partial charge in [0.1, 0.15) is 0 Å². The Hall–Kier alpha value is -0.120. The fourth-order valence-corrected chi connectivity index (χ4v) is 3.19. The van der Waals surface area contributed by atoms with Gasteiger partial charge in [-0.3, -0.25) is 0 Å². The van der Waals surface area contributed by atoms with Crippen molar-refractivity contribution in [1.82, 2.24) is 15.1 Å². The van der Waals surface area contributed by atoms with Gasteiger partial charge in [-0.1, -0.05) is 6.92 Å². The third-order valence-corrected chi connectivity index (χ3v) is 4.55. The lowest BCUT2D eigenvalue weighted by atomic mass is 9.86. The molecule has 2 aliphatic rings. The number of nitrogens with zero attached hydrogens (tertiary/aromatic N) is 2. The standard InChI is InChI=1S/C14H29N3/c1-12(2)17-7-4-14(13(3)10-17)11-16-8-5-15-6-9-16/h12-15H,4-11H2,1-3H3/t13-,14+/m0/s1. The minimum Gasteiger partial charge on any atom is -0.314 e. The van der Waals surface area contributed by atoms with E-state index in [-0.39, 0.29) is 0 Å². The summed E-state index contributed by atoms with van der Waals surface area (Å²) in [5.74, 6) is 1.78. The van der Waals surface area contributed by atoms with Crippen molar-refractivity contribution in [3.63, 3.8) is 0 Å². The molecule has 0 spiro atoms. The molecule has 2 aliphatic heterocycles. The molecule has 2 rings (SSSR count). The summed E-state index contributed by atoms with van der Waals surface area (Å²) in [6.45, 7) is 15.9. The van der Waals surface area contributed by atoms with E-state index in [2.05, 4.69) is 35.9 Å². The van der Waals surface area contributed by atoms with Crippen LogP contribution in [0.1, 0.15) is 27.2 Å². The summed E-state index contributed by atoms with van der Waals surface area (Å²) in [5, 5.41) is 3.44. The van der Waals surface area contributed by atoms with Crippen LogP contribution in [0.2, 0.25) is 0 Å². The van der Waals surface area contributed by atoms with Gasteiger partial charge in [-0.05, 0) is 38.6 Å². The Bertz CT molecular complexity index is 224. The molecule has 0 radical (unpaired) electrons. The van der Waals surface area contributed by atoms with E-state index in [1.165, 1.54) is 52.2 Å². The normalized spacial score (nSPS) is 33.2. The molecule has 3 nitrogen and oxygen atoms in total. The minimum absolute atomic E-state index is 0.720. The van der Waals surface area contributed by atoms with Crippen molar-refractivity contribution in [1.29, 1.82) is 0 Å². The molecule has 0 amide bonds. The molecule has 17 heavy (non-hydrogen) atoms. The molecular formula is C14H29N3. The van der Waals surface area contributed by atoms with E-state index in [1.54, 1.807) is 0 Å². The number of nitrogens with one attached hydrogen (secondary N) is 1. The predicted molar refractivity (Wildman–Crippen MR) is 73.3 cm³/mol. The first kappa shape index (κ1) is 13.3. The topological polar surface area (TPSA) is 18.5 Å². The quantitative estimate of drug-likeness (QED) is 0.800. The van der Waals surface area contributed by atoms with E-state index >= 15 is 0 Å². The molecule has 0 aromatic heterocycles. The molecule has 0 aromatic rings. The Morgan fingerprint density at radius 2 is 1.88 bits per heavy atom. The Labute approximate surface area is 107 Å². The second-order valence-electron chi connectivity index (χ2n) is 6.17. The molecule has 3 heteroatoms. The Morgan fingerprint density at radius 1 is 1.18 bits per heavy atom. The van der Waals surface area contributed by atoms with Crippen LogP contribution in [0, 0.1) is 11.8 Å². The van der Waals surface area contributed by atoms with Crippen LogP contribution < -0.4 is 5.32 Å². The largest absolute Gasteiger partial charge is 0.314 e. The number of hydrogen-bond acceptors (Lipinski definition) is 3. The first-order valence-electron chi connectivity index (χ1n) is 7.34. The fraction of sp³-hybridized carbons (Fsp3) is 1.00. The molecular weight excluding hydrogens is 210 g/mol. The molecule has 2 fully saturated rings. The second-order valence-corrected chi connectivity index (χ2v) is 6.17. The average molecular weight is 239 g/mol. The van der Waals surface area contributed by atoms with Crippen LogP contribution >= 0.6 is 0 Å². The van der Waals surface area contributed by atoms with E-state index in [1.807, 2.05) is 0 Å². The molecule has 0 unspecified atom stereocenters. The summed E-state index contributed by atoms with van der Waals surface area (Å²) in [7, 11) is 0. The van der Waals surface area contributed by atoms with E-state index in [0.29, 0.717) is 0 Å². The van der Waals surface area contributed by atoms with Crippen molar-refractivity contribution in [2.45, 2.75) is 33.2 Å². The van der Waals surface area contributed by atoms with Gasteiger partial charge in [-0.2, -0.15) is 0 Å². The van der Waals surface area contributed by atoms with Crippen molar-refractivity contribution < 1.29 is 0 Å². The summed E-state index contributed by atoms with van der Waals surface area (Å²) in [5.41, 5.74) is 0. The van der Waals surface area contributed by atoms with Crippen LogP contribution in [0.15, 0.2) is 0 Å². The van der Waals surface area contributed by atoms with E-state index in [9.17, 15) is 0 Å². The highest BCUT2D eigenvalue weighted by atomic mass is 15.2. The first-order chi connectivity index (χ1) is 8.16. The van der Waals surface area contributed by atoms with Gasteiger partial charge in [0.05, 0.1) is 0 Å². The lowest BCUT2D eigenvalue weighted by Crippen LogP contribution is -2.49. The van der Waals surface area contributed by atoms with E-state index < -0.39 is 0 Å². The molecule has 1 N–H and O–H groups in total. The lowest BCUT2D eigenvalue weighted by Gasteiger charge is -2.41. The van der Waals surface area contributed by atoms with Crippen molar-refractivity contribution in [2.24, 2.45) is 11.8 Å².